The van der Waals surface area contributed by atoms with Gasteiger partial charge in [-0.2, -0.15) is 13.2 Å². The molecule has 0 atom stereocenters. The molecule has 2 aromatic heterocycles. The molecular weight excluding hydrogens is 323 g/mol. The highest BCUT2D eigenvalue weighted by atomic mass is 19.4. The maximum Gasteiger partial charge on any atom is 0.417 e. The van der Waals surface area contributed by atoms with Gasteiger partial charge in [0.2, 0.25) is 0 Å². The van der Waals surface area contributed by atoms with Crippen LogP contribution < -0.4 is 0 Å². The number of H-pyrrole nitrogens is 1. The fourth-order valence-corrected chi connectivity index (χ4v) is 2.12. The van der Waals surface area contributed by atoms with E-state index in [4.69, 9.17) is 5.11 Å². The molecule has 0 aliphatic rings. The molecule has 8 heteroatoms. The minimum Gasteiger partial charge on any atom is -0.478 e. The van der Waals surface area contributed by atoms with E-state index >= 15 is 0 Å². The second-order valence-corrected chi connectivity index (χ2v) is 4.97. The van der Waals surface area contributed by atoms with Crippen LogP contribution in [0.15, 0.2) is 46.7 Å². The van der Waals surface area contributed by atoms with E-state index in [1.165, 1.54) is 18.2 Å². The van der Waals surface area contributed by atoms with Gasteiger partial charge in [0.05, 0.1) is 11.1 Å². The monoisotopic (exact) mass is 337 g/mol. The number of halogens is 3. The van der Waals surface area contributed by atoms with Crippen LogP contribution in [-0.2, 0) is 17.4 Å². The third-order valence-corrected chi connectivity index (χ3v) is 3.31. The van der Waals surface area contributed by atoms with Crippen LogP contribution in [0.2, 0.25) is 0 Å². The SMILES string of the molecule is C=N/C(=C\C(=C/C)C(=O)O)Cc1cc2cc(C(F)(F)F)cnc2[nH]1. The Morgan fingerprint density at radius 1 is 1.46 bits per heavy atom. The number of carboxylic acid groups (broad SMARTS) is 1. The number of aliphatic imine (C=N–C) groups is 1. The quantitative estimate of drug-likeness (QED) is 0.496. The number of carboxylic acids is 1. The van der Waals surface area contributed by atoms with Crippen LogP contribution in [0.3, 0.4) is 0 Å². The van der Waals surface area contributed by atoms with E-state index < -0.39 is 17.7 Å². The topological polar surface area (TPSA) is 78.3 Å². The molecule has 0 spiro atoms. The van der Waals surface area contributed by atoms with E-state index in [1.807, 2.05) is 0 Å². The summed E-state index contributed by atoms with van der Waals surface area (Å²) in [7, 11) is 0. The number of aromatic amines is 1. The number of alkyl halides is 3. The molecule has 0 bridgehead atoms. The highest BCUT2D eigenvalue weighted by molar-refractivity contribution is 5.90. The Hall–Kier alpha value is -2.90. The van der Waals surface area contributed by atoms with Gasteiger partial charge in [0.25, 0.3) is 0 Å². The van der Waals surface area contributed by atoms with Gasteiger partial charge in [0.1, 0.15) is 5.65 Å². The molecular formula is C16H14F3N3O2. The van der Waals surface area contributed by atoms with E-state index in [9.17, 15) is 18.0 Å². The Morgan fingerprint density at radius 3 is 2.71 bits per heavy atom. The number of nitrogens with one attached hydrogen (secondary N) is 1. The molecule has 0 aliphatic carbocycles. The highest BCUT2D eigenvalue weighted by Gasteiger charge is 2.31. The van der Waals surface area contributed by atoms with Crippen molar-refractivity contribution in [2.75, 3.05) is 0 Å². The first-order valence-corrected chi connectivity index (χ1v) is 6.86. The van der Waals surface area contributed by atoms with Crippen molar-refractivity contribution in [2.24, 2.45) is 4.99 Å². The zero-order chi connectivity index (χ0) is 17.9. The average Bonchev–Trinajstić information content (AvgIpc) is 2.91. The Kier molecular flexibility index (Phi) is 4.87. The normalized spacial score (nSPS) is 13.3. The summed E-state index contributed by atoms with van der Waals surface area (Å²) in [6, 6.07) is 2.52. The van der Waals surface area contributed by atoms with Gasteiger partial charge in [-0.05, 0) is 31.9 Å². The summed E-state index contributed by atoms with van der Waals surface area (Å²) in [4.78, 5) is 21.4. The van der Waals surface area contributed by atoms with Crippen molar-refractivity contribution in [3.8, 4) is 0 Å². The van der Waals surface area contributed by atoms with E-state index in [1.54, 1.807) is 6.92 Å². The first-order chi connectivity index (χ1) is 11.2. The van der Waals surface area contributed by atoms with Crippen LogP contribution in [-0.4, -0.2) is 27.8 Å². The smallest absolute Gasteiger partial charge is 0.417 e. The van der Waals surface area contributed by atoms with Crippen LogP contribution in [0.1, 0.15) is 18.2 Å². The molecule has 24 heavy (non-hydrogen) atoms. The zero-order valence-corrected chi connectivity index (χ0v) is 12.7. The lowest BCUT2D eigenvalue weighted by Crippen LogP contribution is -2.04. The van der Waals surface area contributed by atoms with Gasteiger partial charge in [0.15, 0.2) is 0 Å². The Morgan fingerprint density at radius 2 is 2.17 bits per heavy atom. The molecule has 2 N–H and O–H groups in total. The lowest BCUT2D eigenvalue weighted by atomic mass is 10.1. The van der Waals surface area contributed by atoms with Gasteiger partial charge in [-0.15, -0.1) is 0 Å². The summed E-state index contributed by atoms with van der Waals surface area (Å²) < 4.78 is 38.1. The van der Waals surface area contributed by atoms with Crippen molar-refractivity contribution in [1.29, 1.82) is 0 Å². The number of aliphatic carboxylic acids is 1. The summed E-state index contributed by atoms with van der Waals surface area (Å²) >= 11 is 0. The van der Waals surface area contributed by atoms with Gasteiger partial charge < -0.3 is 10.1 Å². The minimum atomic E-state index is -4.46. The Bertz CT molecular complexity index is 848. The van der Waals surface area contributed by atoms with E-state index in [0.29, 0.717) is 22.4 Å². The molecule has 0 aromatic carbocycles. The van der Waals surface area contributed by atoms with Gasteiger partial charge in [-0.1, -0.05) is 6.08 Å². The van der Waals surface area contributed by atoms with Crippen LogP contribution in [0.4, 0.5) is 13.2 Å². The molecule has 0 radical (unpaired) electrons. The van der Waals surface area contributed by atoms with Gasteiger partial charge in [-0.25, -0.2) is 9.78 Å². The molecule has 126 valence electrons. The third kappa shape index (κ3) is 3.89. The molecule has 2 aromatic rings. The predicted molar refractivity (Wildman–Crippen MR) is 83.8 cm³/mol. The third-order valence-electron chi connectivity index (χ3n) is 3.31. The number of carbonyl (C=O) groups is 1. The standard InChI is InChI=1S/C16H14F3N3O2/c1-3-9(15(23)24)5-12(20-2)7-13-6-10-4-11(16(17,18)19)8-21-14(10)22-13/h3-6,8H,2,7H2,1H3,(H,21,22)(H,23,24)/b9-3+,12-5-. The fourth-order valence-electron chi connectivity index (χ4n) is 2.12. The summed E-state index contributed by atoms with van der Waals surface area (Å²) in [5.41, 5.74) is 0.446. The van der Waals surface area contributed by atoms with E-state index in [-0.39, 0.29) is 12.0 Å². The molecule has 2 heterocycles. The van der Waals surface area contributed by atoms with Crippen LogP contribution in [0.25, 0.3) is 11.0 Å². The van der Waals surface area contributed by atoms with Gasteiger partial charge in [0, 0.05) is 29.4 Å². The number of nitrogens with zero attached hydrogens (tertiary/aromatic N) is 2. The lowest BCUT2D eigenvalue weighted by Gasteiger charge is -2.04. The highest BCUT2D eigenvalue weighted by Crippen LogP contribution is 2.30. The summed E-state index contributed by atoms with van der Waals surface area (Å²) in [6.45, 7) is 4.96. The van der Waals surface area contributed by atoms with Crippen molar-refractivity contribution in [1.82, 2.24) is 9.97 Å². The number of hydrogen-bond acceptors (Lipinski definition) is 3. The lowest BCUT2D eigenvalue weighted by molar-refractivity contribution is -0.137. The van der Waals surface area contributed by atoms with Crippen LogP contribution in [0.5, 0.6) is 0 Å². The Labute approximate surface area is 135 Å². The number of hydrogen-bond donors (Lipinski definition) is 2. The maximum atomic E-state index is 12.7. The van der Waals surface area contributed by atoms with Crippen molar-refractivity contribution >= 4 is 23.7 Å². The predicted octanol–water partition coefficient (Wildman–Crippen LogP) is 3.74. The average molecular weight is 337 g/mol. The first kappa shape index (κ1) is 17.5. The molecule has 0 saturated heterocycles. The van der Waals surface area contributed by atoms with Crippen molar-refractivity contribution in [3.05, 3.63) is 53.0 Å². The number of pyridine rings is 1. The molecule has 2 rings (SSSR count). The van der Waals surface area contributed by atoms with Gasteiger partial charge >= 0.3 is 12.1 Å². The van der Waals surface area contributed by atoms with Crippen molar-refractivity contribution in [3.63, 3.8) is 0 Å². The summed E-state index contributed by atoms with van der Waals surface area (Å²) in [5, 5.41) is 9.32. The van der Waals surface area contributed by atoms with Gasteiger partial charge in [-0.3, -0.25) is 4.99 Å². The first-order valence-electron chi connectivity index (χ1n) is 6.86. The second kappa shape index (κ2) is 6.69. The Balaban J connectivity index is 2.34. The fraction of sp³-hybridized carbons (Fsp3) is 0.188. The largest absolute Gasteiger partial charge is 0.478 e. The molecule has 5 nitrogen and oxygen atoms in total. The number of rotatable bonds is 5. The summed E-state index contributed by atoms with van der Waals surface area (Å²) in [6.07, 6.45) is -0.751. The van der Waals surface area contributed by atoms with Crippen LogP contribution >= 0.6 is 0 Å². The van der Waals surface area contributed by atoms with E-state index in [2.05, 4.69) is 21.7 Å². The molecule has 0 aliphatic heterocycles. The van der Waals surface area contributed by atoms with Crippen LogP contribution in [0, 0.1) is 0 Å². The number of fused-ring (bicyclic) bond motifs is 1. The molecule has 0 unspecified atom stereocenters. The molecule has 0 fully saturated rings. The van der Waals surface area contributed by atoms with E-state index in [0.717, 1.165) is 12.3 Å². The van der Waals surface area contributed by atoms with Crippen molar-refractivity contribution in [2.45, 2.75) is 19.5 Å². The zero-order valence-electron chi connectivity index (χ0n) is 12.7. The maximum absolute atomic E-state index is 12.7. The molecule has 0 saturated carbocycles. The molecule has 0 amide bonds. The second-order valence-electron chi connectivity index (χ2n) is 4.97. The number of allylic oxidation sites excluding steroid dienone is 2. The minimum absolute atomic E-state index is 0.0472. The van der Waals surface area contributed by atoms with Crippen molar-refractivity contribution < 1.29 is 23.1 Å². The number of aromatic nitrogens is 2. The summed E-state index contributed by atoms with van der Waals surface area (Å²) in [5.74, 6) is -1.10.